The zero-order valence-electron chi connectivity index (χ0n) is 13.4. The molecule has 1 aliphatic rings. The number of carbonyl (C=O) groups excluding carboxylic acids is 1. The van der Waals surface area contributed by atoms with Crippen molar-refractivity contribution < 1.29 is 9.53 Å². The molecule has 2 aromatic carbocycles. The number of methoxy groups -OCH3 is 1. The number of hydrogen-bond donors (Lipinski definition) is 3. The van der Waals surface area contributed by atoms with Crippen molar-refractivity contribution in [2.75, 3.05) is 13.7 Å². The van der Waals surface area contributed by atoms with E-state index in [-0.39, 0.29) is 17.9 Å². The SMILES string of the molecule is COc1ccc(CNC(=O)C2CNNC2c2cccc(Br)c2)cc1. The van der Waals surface area contributed by atoms with Crippen LogP contribution < -0.4 is 20.9 Å². The van der Waals surface area contributed by atoms with E-state index >= 15 is 0 Å². The number of benzene rings is 2. The van der Waals surface area contributed by atoms with Gasteiger partial charge < -0.3 is 10.1 Å². The van der Waals surface area contributed by atoms with Gasteiger partial charge in [-0.15, -0.1) is 0 Å². The van der Waals surface area contributed by atoms with E-state index in [1.165, 1.54) is 0 Å². The summed E-state index contributed by atoms with van der Waals surface area (Å²) in [5.41, 5.74) is 8.41. The molecule has 2 aromatic rings. The van der Waals surface area contributed by atoms with Crippen molar-refractivity contribution in [2.24, 2.45) is 5.92 Å². The molecule has 0 radical (unpaired) electrons. The Hall–Kier alpha value is -1.89. The van der Waals surface area contributed by atoms with Crippen LogP contribution in [0.15, 0.2) is 53.0 Å². The van der Waals surface area contributed by atoms with Crippen LogP contribution in [0.5, 0.6) is 5.75 Å². The van der Waals surface area contributed by atoms with Crippen LogP contribution in [-0.2, 0) is 11.3 Å². The van der Waals surface area contributed by atoms with E-state index in [0.29, 0.717) is 13.1 Å². The Labute approximate surface area is 149 Å². The monoisotopic (exact) mass is 389 g/mol. The fraction of sp³-hybridized carbons (Fsp3) is 0.278. The van der Waals surface area contributed by atoms with Crippen molar-refractivity contribution in [3.63, 3.8) is 0 Å². The second-order valence-electron chi connectivity index (χ2n) is 5.73. The Balaban J connectivity index is 1.63. The molecule has 24 heavy (non-hydrogen) atoms. The van der Waals surface area contributed by atoms with E-state index in [9.17, 15) is 4.79 Å². The number of ether oxygens (including phenoxy) is 1. The summed E-state index contributed by atoms with van der Waals surface area (Å²) in [7, 11) is 1.64. The van der Waals surface area contributed by atoms with Gasteiger partial charge in [-0.25, -0.2) is 5.43 Å². The number of hydrogen-bond acceptors (Lipinski definition) is 4. The van der Waals surface area contributed by atoms with Gasteiger partial charge in [0.2, 0.25) is 5.91 Å². The minimum absolute atomic E-state index is 0.0355. The summed E-state index contributed by atoms with van der Waals surface area (Å²) in [6, 6.07) is 15.7. The van der Waals surface area contributed by atoms with Gasteiger partial charge in [0.15, 0.2) is 0 Å². The van der Waals surface area contributed by atoms with Gasteiger partial charge in [-0.1, -0.05) is 40.2 Å². The maximum absolute atomic E-state index is 12.6. The lowest BCUT2D eigenvalue weighted by atomic mass is 9.94. The van der Waals surface area contributed by atoms with Crippen LogP contribution in [0.25, 0.3) is 0 Å². The van der Waals surface area contributed by atoms with Gasteiger partial charge >= 0.3 is 0 Å². The predicted molar refractivity (Wildman–Crippen MR) is 96.4 cm³/mol. The third-order valence-corrected chi connectivity index (χ3v) is 4.65. The van der Waals surface area contributed by atoms with Gasteiger partial charge in [-0.2, -0.15) is 0 Å². The average Bonchev–Trinajstić information content (AvgIpc) is 3.10. The second kappa shape index (κ2) is 7.79. The molecule has 2 atom stereocenters. The highest BCUT2D eigenvalue weighted by atomic mass is 79.9. The van der Waals surface area contributed by atoms with Crippen LogP contribution in [0.2, 0.25) is 0 Å². The Morgan fingerprint density at radius 1 is 1.29 bits per heavy atom. The number of nitrogens with one attached hydrogen (secondary N) is 3. The molecule has 6 heteroatoms. The summed E-state index contributed by atoms with van der Waals surface area (Å²) in [4.78, 5) is 12.6. The maximum Gasteiger partial charge on any atom is 0.226 e. The quantitative estimate of drug-likeness (QED) is 0.735. The molecule has 1 amide bonds. The van der Waals surface area contributed by atoms with E-state index in [2.05, 4.69) is 32.1 Å². The molecule has 1 heterocycles. The molecule has 3 N–H and O–H groups in total. The van der Waals surface area contributed by atoms with Crippen LogP contribution in [0, 0.1) is 5.92 Å². The zero-order chi connectivity index (χ0) is 16.9. The molecular formula is C18H20BrN3O2. The van der Waals surface area contributed by atoms with E-state index in [4.69, 9.17) is 4.74 Å². The lowest BCUT2D eigenvalue weighted by molar-refractivity contribution is -0.125. The molecule has 3 rings (SSSR count). The van der Waals surface area contributed by atoms with Gasteiger partial charge in [-0.3, -0.25) is 10.2 Å². The minimum Gasteiger partial charge on any atom is -0.497 e. The molecule has 0 aromatic heterocycles. The molecule has 5 nitrogen and oxygen atoms in total. The molecule has 1 saturated heterocycles. The first kappa shape index (κ1) is 17.0. The first-order valence-electron chi connectivity index (χ1n) is 7.82. The van der Waals surface area contributed by atoms with Crippen molar-refractivity contribution in [3.05, 3.63) is 64.1 Å². The largest absolute Gasteiger partial charge is 0.497 e. The van der Waals surface area contributed by atoms with Gasteiger partial charge in [0.05, 0.1) is 19.1 Å². The zero-order valence-corrected chi connectivity index (χ0v) is 15.0. The van der Waals surface area contributed by atoms with E-state index in [0.717, 1.165) is 21.3 Å². The van der Waals surface area contributed by atoms with Gasteiger partial charge in [0.25, 0.3) is 0 Å². The highest BCUT2D eigenvalue weighted by molar-refractivity contribution is 9.10. The highest BCUT2D eigenvalue weighted by Gasteiger charge is 2.33. The van der Waals surface area contributed by atoms with Crippen LogP contribution in [-0.4, -0.2) is 19.6 Å². The topological polar surface area (TPSA) is 62.4 Å². The standard InChI is InChI=1S/C18H20BrN3O2/c1-24-15-7-5-12(6-8-15)10-20-18(23)16-11-21-22-17(16)13-3-2-4-14(19)9-13/h2-9,16-17,21-22H,10-11H2,1H3,(H,20,23). The molecule has 126 valence electrons. The van der Waals surface area contributed by atoms with Crippen molar-refractivity contribution in [2.45, 2.75) is 12.6 Å². The number of hydrazine groups is 1. The normalized spacial score (nSPS) is 19.9. The first-order chi connectivity index (χ1) is 11.7. The molecular weight excluding hydrogens is 370 g/mol. The third-order valence-electron chi connectivity index (χ3n) is 4.15. The van der Waals surface area contributed by atoms with Crippen molar-refractivity contribution in [3.8, 4) is 5.75 Å². The van der Waals surface area contributed by atoms with Crippen LogP contribution >= 0.6 is 15.9 Å². The second-order valence-corrected chi connectivity index (χ2v) is 6.65. The lowest BCUT2D eigenvalue weighted by Crippen LogP contribution is -2.34. The Kier molecular flexibility index (Phi) is 5.50. The average molecular weight is 390 g/mol. The molecule has 1 aliphatic heterocycles. The fourth-order valence-electron chi connectivity index (χ4n) is 2.82. The summed E-state index contributed by atoms with van der Waals surface area (Å²) in [5.74, 6) is 0.690. The van der Waals surface area contributed by atoms with E-state index in [1.54, 1.807) is 7.11 Å². The summed E-state index contributed by atoms with van der Waals surface area (Å²) in [5, 5.41) is 3.02. The fourth-order valence-corrected chi connectivity index (χ4v) is 3.24. The third kappa shape index (κ3) is 3.95. The van der Waals surface area contributed by atoms with Crippen molar-refractivity contribution in [1.82, 2.24) is 16.2 Å². The first-order valence-corrected chi connectivity index (χ1v) is 8.61. The van der Waals surface area contributed by atoms with E-state index in [1.807, 2.05) is 48.5 Å². The van der Waals surface area contributed by atoms with Crippen LogP contribution in [0.3, 0.4) is 0 Å². The summed E-state index contributed by atoms with van der Waals surface area (Å²) >= 11 is 3.48. The van der Waals surface area contributed by atoms with E-state index < -0.39 is 0 Å². The Morgan fingerprint density at radius 2 is 2.08 bits per heavy atom. The van der Waals surface area contributed by atoms with Crippen molar-refractivity contribution in [1.29, 1.82) is 0 Å². The molecule has 1 fully saturated rings. The van der Waals surface area contributed by atoms with Gasteiger partial charge in [0.1, 0.15) is 5.75 Å². The minimum atomic E-state index is -0.155. The number of rotatable bonds is 5. The highest BCUT2D eigenvalue weighted by Crippen LogP contribution is 2.27. The molecule has 0 bridgehead atoms. The summed E-state index contributed by atoms with van der Waals surface area (Å²) in [6.45, 7) is 1.11. The lowest BCUT2D eigenvalue weighted by Gasteiger charge is -2.18. The Bertz CT molecular complexity index is 706. The van der Waals surface area contributed by atoms with Gasteiger partial charge in [0, 0.05) is 17.6 Å². The van der Waals surface area contributed by atoms with Crippen LogP contribution in [0.1, 0.15) is 17.2 Å². The molecule has 0 aliphatic carbocycles. The Morgan fingerprint density at radius 3 is 2.79 bits per heavy atom. The number of carbonyl (C=O) groups is 1. The van der Waals surface area contributed by atoms with Crippen LogP contribution in [0.4, 0.5) is 0 Å². The van der Waals surface area contributed by atoms with Gasteiger partial charge in [-0.05, 0) is 35.4 Å². The smallest absolute Gasteiger partial charge is 0.226 e. The summed E-state index contributed by atoms with van der Waals surface area (Å²) in [6.07, 6.45) is 0. The molecule has 0 spiro atoms. The number of halogens is 1. The molecule has 2 unspecified atom stereocenters. The summed E-state index contributed by atoms with van der Waals surface area (Å²) < 4.78 is 6.15. The number of amides is 1. The maximum atomic E-state index is 12.6. The molecule has 0 saturated carbocycles. The van der Waals surface area contributed by atoms with Crippen molar-refractivity contribution >= 4 is 21.8 Å². The predicted octanol–water partition coefficient (Wildman–Crippen LogP) is 2.54.